The molecule has 9 heteroatoms. The molecule has 0 radical (unpaired) electrons. The Hall–Kier alpha value is -3.66. The number of carboxylic acids is 1. The van der Waals surface area contributed by atoms with Gasteiger partial charge in [0.15, 0.2) is 11.5 Å². The summed E-state index contributed by atoms with van der Waals surface area (Å²) in [6.45, 7) is -0.311. The van der Waals surface area contributed by atoms with Crippen LogP contribution >= 0.6 is 24.0 Å². The lowest BCUT2D eigenvalue weighted by Crippen LogP contribution is -2.33. The third kappa shape index (κ3) is 6.97. The normalized spacial score (nSPS) is 15.2. The number of aliphatic carboxylic acids is 1. The van der Waals surface area contributed by atoms with Crippen molar-refractivity contribution in [3.8, 4) is 11.5 Å². The zero-order chi connectivity index (χ0) is 26.2. The van der Waals surface area contributed by atoms with Crippen LogP contribution in [0.2, 0.25) is 0 Å². The Labute approximate surface area is 224 Å². The molecule has 0 aliphatic carbocycles. The van der Waals surface area contributed by atoms with Gasteiger partial charge in [-0.2, -0.15) is 0 Å². The van der Waals surface area contributed by atoms with E-state index in [1.54, 1.807) is 24.3 Å². The van der Waals surface area contributed by atoms with E-state index < -0.39 is 24.5 Å². The van der Waals surface area contributed by atoms with Gasteiger partial charge in [-0.3, -0.25) is 14.5 Å². The Bertz CT molecular complexity index is 1300. The van der Waals surface area contributed by atoms with E-state index in [1.807, 2.05) is 60.7 Å². The van der Waals surface area contributed by atoms with Gasteiger partial charge in [0, 0.05) is 6.42 Å². The summed E-state index contributed by atoms with van der Waals surface area (Å²) in [6.07, 6.45) is 1.72. The maximum atomic E-state index is 12.7. The van der Waals surface area contributed by atoms with Crippen LogP contribution in [-0.2, 0) is 16.0 Å². The molecule has 1 heterocycles. The molecule has 0 bridgehead atoms. The van der Waals surface area contributed by atoms with Gasteiger partial charge in [-0.25, -0.2) is 0 Å². The van der Waals surface area contributed by atoms with Gasteiger partial charge in [0.2, 0.25) is 0 Å². The Kier molecular flexibility index (Phi) is 8.95. The summed E-state index contributed by atoms with van der Waals surface area (Å²) in [6, 6.07) is 24.6. The summed E-state index contributed by atoms with van der Waals surface area (Å²) < 4.78 is 12.4. The van der Waals surface area contributed by atoms with Crippen LogP contribution in [0.4, 0.5) is 0 Å². The minimum atomic E-state index is -1.14. The number of thioether (sulfide) groups is 1. The second kappa shape index (κ2) is 12.5. The van der Waals surface area contributed by atoms with Gasteiger partial charge in [-0.1, -0.05) is 90.7 Å². The Morgan fingerprint density at radius 3 is 2.41 bits per heavy atom. The fourth-order valence-corrected chi connectivity index (χ4v) is 4.96. The number of aliphatic hydroxyl groups excluding tert-OH is 1. The summed E-state index contributed by atoms with van der Waals surface area (Å²) in [5, 5.41) is 19.1. The Morgan fingerprint density at radius 1 is 1.03 bits per heavy atom. The highest BCUT2D eigenvalue weighted by Gasteiger charge is 2.33. The number of nitrogens with zero attached hydrogens (tertiary/aromatic N) is 1. The zero-order valence-corrected chi connectivity index (χ0v) is 21.4. The predicted octanol–water partition coefficient (Wildman–Crippen LogP) is 4.71. The van der Waals surface area contributed by atoms with Crippen molar-refractivity contribution in [1.29, 1.82) is 0 Å². The summed E-state index contributed by atoms with van der Waals surface area (Å²) in [4.78, 5) is 25.2. The summed E-state index contributed by atoms with van der Waals surface area (Å²) >= 11 is 6.23. The summed E-state index contributed by atoms with van der Waals surface area (Å²) in [5.74, 6) is -0.687. The van der Waals surface area contributed by atoms with Crippen molar-refractivity contribution in [1.82, 2.24) is 4.90 Å². The maximum absolute atomic E-state index is 12.7. The number of thiocarbonyl (C=S) groups is 1. The number of benzene rings is 3. The van der Waals surface area contributed by atoms with E-state index in [2.05, 4.69) is 0 Å². The fourth-order valence-electron chi connectivity index (χ4n) is 3.70. The highest BCUT2D eigenvalue weighted by Crippen LogP contribution is 2.36. The van der Waals surface area contributed by atoms with Gasteiger partial charge in [0.05, 0.1) is 18.1 Å². The van der Waals surface area contributed by atoms with E-state index in [0.29, 0.717) is 35.0 Å². The van der Waals surface area contributed by atoms with Crippen molar-refractivity contribution in [2.45, 2.75) is 12.5 Å². The number of aliphatic hydroxyl groups is 1. The molecule has 1 unspecified atom stereocenters. The summed E-state index contributed by atoms with van der Waals surface area (Å²) in [7, 11) is 0. The maximum Gasteiger partial charge on any atom is 0.323 e. The smallest absolute Gasteiger partial charge is 0.323 e. The van der Waals surface area contributed by atoms with Crippen molar-refractivity contribution in [3.05, 3.63) is 100 Å². The molecule has 190 valence electrons. The lowest BCUT2D eigenvalue weighted by Gasteiger charge is -2.20. The van der Waals surface area contributed by atoms with Crippen LogP contribution in [0.15, 0.2) is 83.8 Å². The minimum Gasteiger partial charge on any atom is -0.489 e. The molecule has 3 aromatic rings. The number of ether oxygens (including phenoxy) is 2. The second-order valence-corrected chi connectivity index (χ2v) is 9.83. The van der Waals surface area contributed by atoms with Gasteiger partial charge in [-0.05, 0) is 34.9 Å². The van der Waals surface area contributed by atoms with Gasteiger partial charge in [0.25, 0.3) is 5.91 Å². The van der Waals surface area contributed by atoms with Crippen LogP contribution in [0.1, 0.15) is 22.8 Å². The molecule has 1 saturated heterocycles. The monoisotopic (exact) mass is 535 g/mol. The minimum absolute atomic E-state index is 0.195. The Morgan fingerprint density at radius 2 is 1.73 bits per heavy atom. The van der Waals surface area contributed by atoms with Crippen LogP contribution in [0.5, 0.6) is 11.5 Å². The number of hydrogen-bond donors (Lipinski definition) is 2. The molecule has 0 spiro atoms. The lowest BCUT2D eigenvalue weighted by molar-refractivity contribution is -0.140. The van der Waals surface area contributed by atoms with Gasteiger partial charge in [0.1, 0.15) is 17.0 Å². The topological polar surface area (TPSA) is 96.3 Å². The first-order valence-corrected chi connectivity index (χ1v) is 12.8. The molecule has 3 aromatic carbocycles. The van der Waals surface area contributed by atoms with Crippen LogP contribution in [-0.4, -0.2) is 51.1 Å². The highest BCUT2D eigenvalue weighted by molar-refractivity contribution is 8.26. The molecule has 37 heavy (non-hydrogen) atoms. The van der Waals surface area contributed by atoms with Gasteiger partial charge in [-0.15, -0.1) is 0 Å². The van der Waals surface area contributed by atoms with Crippen molar-refractivity contribution in [3.63, 3.8) is 0 Å². The molecule has 1 atom stereocenters. The molecule has 1 aliphatic rings. The number of hydrogen-bond acceptors (Lipinski definition) is 7. The lowest BCUT2D eigenvalue weighted by atomic mass is 10.1. The average Bonchev–Trinajstić information content (AvgIpc) is 3.16. The molecule has 2 N–H and O–H groups in total. The van der Waals surface area contributed by atoms with E-state index >= 15 is 0 Å². The number of amides is 1. The van der Waals surface area contributed by atoms with Crippen LogP contribution in [0.3, 0.4) is 0 Å². The molecule has 0 aromatic heterocycles. The van der Waals surface area contributed by atoms with Crippen molar-refractivity contribution < 1.29 is 29.3 Å². The molecular formula is C28H25NO6S2. The van der Waals surface area contributed by atoms with E-state index in [-0.39, 0.29) is 10.9 Å². The number of carbonyl (C=O) groups excluding carboxylic acids is 1. The molecule has 1 aliphatic heterocycles. The van der Waals surface area contributed by atoms with Crippen LogP contribution in [0.25, 0.3) is 6.08 Å². The average molecular weight is 536 g/mol. The van der Waals surface area contributed by atoms with Crippen LogP contribution in [0, 0.1) is 0 Å². The first-order chi connectivity index (χ1) is 17.9. The standard InChI is InChI=1S/C28H25NO6S2/c30-18-24(21-9-5-2-6-10-21)35-23-15-20(16-25-27(33)29(17-26(31)32)28(36)37-25)11-12-22(23)34-14-13-19-7-3-1-4-8-19/h1-12,15-16,24,30H,13-14,17-18H2,(H,31,32)/b25-16+. The zero-order valence-electron chi connectivity index (χ0n) is 19.8. The third-order valence-corrected chi connectivity index (χ3v) is 6.91. The van der Waals surface area contributed by atoms with Crippen molar-refractivity contribution in [2.24, 2.45) is 0 Å². The first-order valence-electron chi connectivity index (χ1n) is 11.5. The molecule has 0 saturated carbocycles. The predicted molar refractivity (Wildman–Crippen MR) is 146 cm³/mol. The molecule has 1 amide bonds. The number of carbonyl (C=O) groups is 2. The van der Waals surface area contributed by atoms with E-state index in [9.17, 15) is 14.7 Å². The number of rotatable bonds is 11. The van der Waals surface area contributed by atoms with Crippen molar-refractivity contribution >= 4 is 46.3 Å². The largest absolute Gasteiger partial charge is 0.489 e. The SMILES string of the molecule is O=C(O)CN1C(=O)/C(=C\c2ccc(OCCc3ccccc3)c(OC(CO)c3ccccc3)c2)SC1=S. The highest BCUT2D eigenvalue weighted by atomic mass is 32.2. The Balaban J connectivity index is 1.59. The van der Waals surface area contributed by atoms with E-state index in [0.717, 1.165) is 27.8 Å². The number of carboxylic acid groups (broad SMARTS) is 1. The van der Waals surface area contributed by atoms with E-state index in [1.165, 1.54) is 0 Å². The molecule has 7 nitrogen and oxygen atoms in total. The van der Waals surface area contributed by atoms with Gasteiger partial charge < -0.3 is 19.7 Å². The summed E-state index contributed by atoms with van der Waals surface area (Å²) in [5.41, 5.74) is 2.59. The quantitative estimate of drug-likeness (QED) is 0.269. The molecule has 1 fully saturated rings. The van der Waals surface area contributed by atoms with E-state index in [4.69, 9.17) is 26.8 Å². The fraction of sp³-hybridized carbons (Fsp3) is 0.179. The van der Waals surface area contributed by atoms with Crippen molar-refractivity contribution in [2.75, 3.05) is 19.8 Å². The van der Waals surface area contributed by atoms with Crippen LogP contribution < -0.4 is 9.47 Å². The first kappa shape index (κ1) is 26.4. The van der Waals surface area contributed by atoms with Gasteiger partial charge >= 0.3 is 5.97 Å². The third-order valence-electron chi connectivity index (χ3n) is 5.53. The molecular weight excluding hydrogens is 510 g/mol. The molecule has 4 rings (SSSR count). The second-order valence-electron chi connectivity index (χ2n) is 8.15.